The molecule has 1 N–H and O–H groups in total. The third-order valence-electron chi connectivity index (χ3n) is 4.05. The van der Waals surface area contributed by atoms with E-state index in [1.807, 2.05) is 18.7 Å². The maximum Gasteiger partial charge on any atom is 0.462 e. The van der Waals surface area contributed by atoms with Crippen LogP contribution >= 0.6 is 0 Å². The molecular formula is C17H16F11N3O2. The van der Waals surface area contributed by atoms with Gasteiger partial charge in [-0.2, -0.15) is 53.4 Å². The lowest BCUT2D eigenvalue weighted by atomic mass is 10.2. The maximum atomic E-state index is 14.0. The Bertz CT molecular complexity index is 834. The van der Waals surface area contributed by atoms with Crippen LogP contribution in [-0.2, 0) is 9.53 Å². The molecule has 33 heavy (non-hydrogen) atoms. The Hall–Kier alpha value is -2.65. The van der Waals surface area contributed by atoms with Crippen LogP contribution in [0.4, 0.5) is 54.0 Å². The predicted octanol–water partition coefficient (Wildman–Crippen LogP) is 5.02. The topological polar surface area (TPSA) is 53.9 Å². The molecule has 0 fully saturated rings. The van der Waals surface area contributed by atoms with Crippen molar-refractivity contribution in [3.63, 3.8) is 0 Å². The molecular weight excluding hydrogens is 487 g/mol. The lowest BCUT2D eigenvalue weighted by molar-refractivity contribution is -0.472. The molecule has 0 spiro atoms. The first-order valence-corrected chi connectivity index (χ1v) is 8.80. The minimum atomic E-state index is -7.27. The monoisotopic (exact) mass is 503 g/mol. The summed E-state index contributed by atoms with van der Waals surface area (Å²) in [6, 6.07) is 5.77. The molecule has 1 atom stereocenters. The molecule has 0 radical (unpaired) electrons. The molecule has 0 aliphatic rings. The highest BCUT2D eigenvalue weighted by Crippen LogP contribution is 2.50. The van der Waals surface area contributed by atoms with Crippen LogP contribution in [-0.4, -0.2) is 55.4 Å². The van der Waals surface area contributed by atoms with Gasteiger partial charge in [-0.05, 0) is 31.5 Å². The van der Waals surface area contributed by atoms with E-state index in [1.54, 1.807) is 0 Å². The van der Waals surface area contributed by atoms with E-state index in [9.17, 15) is 53.1 Å². The van der Waals surface area contributed by atoms with E-state index in [0.29, 0.717) is 19.3 Å². The minimum absolute atomic E-state index is 0.109. The Morgan fingerprint density at radius 2 is 1.39 bits per heavy atom. The number of hydrogen-bond acceptors (Lipinski definition) is 4. The highest BCUT2D eigenvalue weighted by Gasteiger charge is 2.79. The number of carbonyl (C=O) groups is 1. The van der Waals surface area contributed by atoms with E-state index in [0.717, 1.165) is 11.1 Å². The Labute approximate surface area is 179 Å². The van der Waals surface area contributed by atoms with Gasteiger partial charge < -0.3 is 4.90 Å². The van der Waals surface area contributed by atoms with Crippen molar-refractivity contribution in [1.29, 1.82) is 0 Å². The van der Waals surface area contributed by atoms with Crippen molar-refractivity contribution in [2.24, 2.45) is 5.10 Å². The molecule has 0 aromatic heterocycles. The summed E-state index contributed by atoms with van der Waals surface area (Å²) < 4.78 is 143. The summed E-state index contributed by atoms with van der Waals surface area (Å²) in [6.07, 6.45) is -20.4. The van der Waals surface area contributed by atoms with Crippen molar-refractivity contribution < 1.29 is 57.8 Å². The lowest BCUT2D eigenvalue weighted by Gasteiger charge is -2.33. The molecule has 0 heterocycles. The van der Waals surface area contributed by atoms with Crippen LogP contribution in [0.1, 0.15) is 19.4 Å². The quantitative estimate of drug-likeness (QED) is 0.293. The largest absolute Gasteiger partial charge is 0.462 e. The zero-order valence-corrected chi connectivity index (χ0v) is 16.7. The number of alkyl halides is 11. The van der Waals surface area contributed by atoms with Crippen molar-refractivity contribution in [3.8, 4) is 0 Å². The molecule has 0 aliphatic heterocycles. The molecule has 0 aliphatic carbocycles. The SMILES string of the molecule is CCN(CC)c1ccc(/C=N\NC(=O)[C@](F)(OC(F)(F)C(F)(F)C(F)(F)F)C(F)(F)F)cc1. The summed E-state index contributed by atoms with van der Waals surface area (Å²) in [4.78, 5) is 13.4. The van der Waals surface area contributed by atoms with Gasteiger partial charge in [0.2, 0.25) is 0 Å². The molecule has 1 rings (SSSR count). The summed E-state index contributed by atoms with van der Waals surface area (Å²) in [5.41, 5.74) is 1.62. The van der Waals surface area contributed by atoms with Crippen LogP contribution in [0.15, 0.2) is 29.4 Å². The molecule has 0 saturated carbocycles. The average molecular weight is 503 g/mol. The van der Waals surface area contributed by atoms with Gasteiger partial charge in [0.15, 0.2) is 0 Å². The third kappa shape index (κ3) is 6.03. The van der Waals surface area contributed by atoms with Gasteiger partial charge in [0, 0.05) is 18.8 Å². The van der Waals surface area contributed by atoms with E-state index >= 15 is 0 Å². The van der Waals surface area contributed by atoms with E-state index in [4.69, 9.17) is 0 Å². The third-order valence-corrected chi connectivity index (χ3v) is 4.05. The number of halogens is 11. The van der Waals surface area contributed by atoms with Gasteiger partial charge >= 0.3 is 36.1 Å². The molecule has 16 heteroatoms. The van der Waals surface area contributed by atoms with Gasteiger partial charge in [0.05, 0.1) is 6.21 Å². The smallest absolute Gasteiger partial charge is 0.372 e. The fourth-order valence-electron chi connectivity index (χ4n) is 2.24. The van der Waals surface area contributed by atoms with Crippen LogP contribution < -0.4 is 10.3 Å². The van der Waals surface area contributed by atoms with Crippen LogP contribution in [0, 0.1) is 0 Å². The van der Waals surface area contributed by atoms with Crippen LogP contribution in [0.3, 0.4) is 0 Å². The highest BCUT2D eigenvalue weighted by molar-refractivity contribution is 5.87. The number of ether oxygens (including phenoxy) is 1. The molecule has 5 nitrogen and oxygen atoms in total. The molecule has 1 amide bonds. The fraction of sp³-hybridized carbons (Fsp3) is 0.529. The molecule has 188 valence electrons. The summed E-state index contributed by atoms with van der Waals surface area (Å²) in [5.74, 6) is -16.8. The maximum absolute atomic E-state index is 14.0. The Balaban J connectivity index is 3.09. The van der Waals surface area contributed by atoms with Crippen molar-refractivity contribution in [3.05, 3.63) is 29.8 Å². The second-order valence-electron chi connectivity index (χ2n) is 6.25. The fourth-order valence-corrected chi connectivity index (χ4v) is 2.24. The van der Waals surface area contributed by atoms with Gasteiger partial charge in [-0.1, -0.05) is 12.1 Å². The Morgan fingerprint density at radius 3 is 1.79 bits per heavy atom. The standard InChI is InChI=1S/C17H16F11N3O2/c1-3-31(4-2)11-7-5-10(6-8-11)9-29-30-12(32)13(18,15(21,22)23)33-17(27,28)14(19,20)16(24,25)26/h5-9H,3-4H2,1-2H3,(H,30,32)/b29-9-/t13-/m0/s1. The number of amides is 1. The van der Waals surface area contributed by atoms with Crippen molar-refractivity contribution in [2.45, 2.75) is 44.1 Å². The highest BCUT2D eigenvalue weighted by atomic mass is 19.4. The molecule has 0 unspecified atom stereocenters. The number of carbonyl (C=O) groups excluding carboxylic acids is 1. The number of anilines is 1. The molecule has 1 aromatic carbocycles. The van der Waals surface area contributed by atoms with Gasteiger partial charge in [-0.15, -0.1) is 0 Å². The van der Waals surface area contributed by atoms with Crippen LogP contribution in [0.2, 0.25) is 0 Å². The average Bonchev–Trinajstić information content (AvgIpc) is 2.67. The zero-order chi connectivity index (χ0) is 25.9. The zero-order valence-electron chi connectivity index (χ0n) is 16.7. The summed E-state index contributed by atoms with van der Waals surface area (Å²) in [6.45, 7) is 4.98. The summed E-state index contributed by atoms with van der Waals surface area (Å²) in [5, 5.41) is 2.86. The Kier molecular flexibility index (Phi) is 8.33. The van der Waals surface area contributed by atoms with Crippen LogP contribution in [0.25, 0.3) is 0 Å². The number of benzene rings is 1. The first-order valence-electron chi connectivity index (χ1n) is 8.80. The van der Waals surface area contributed by atoms with Gasteiger partial charge in [0.1, 0.15) is 0 Å². The molecule has 0 saturated heterocycles. The van der Waals surface area contributed by atoms with Gasteiger partial charge in [0.25, 0.3) is 0 Å². The van der Waals surface area contributed by atoms with Crippen molar-refractivity contribution in [1.82, 2.24) is 5.43 Å². The van der Waals surface area contributed by atoms with Gasteiger partial charge in [-0.25, -0.2) is 5.43 Å². The Morgan fingerprint density at radius 1 is 0.909 bits per heavy atom. The number of nitrogens with one attached hydrogen (secondary N) is 1. The second-order valence-corrected chi connectivity index (χ2v) is 6.25. The predicted molar refractivity (Wildman–Crippen MR) is 92.7 cm³/mol. The number of hydrazone groups is 1. The normalized spacial score (nSPS) is 15.4. The summed E-state index contributed by atoms with van der Waals surface area (Å²) >= 11 is 0. The van der Waals surface area contributed by atoms with Crippen molar-refractivity contribution >= 4 is 17.8 Å². The molecule has 0 bridgehead atoms. The van der Waals surface area contributed by atoms with Gasteiger partial charge in [-0.3, -0.25) is 9.53 Å². The summed E-state index contributed by atoms with van der Waals surface area (Å²) in [7, 11) is 0. The van der Waals surface area contributed by atoms with E-state index in [2.05, 4.69) is 9.84 Å². The first-order chi connectivity index (χ1) is 14.8. The van der Waals surface area contributed by atoms with E-state index < -0.39 is 36.1 Å². The minimum Gasteiger partial charge on any atom is -0.372 e. The second kappa shape index (κ2) is 9.69. The van der Waals surface area contributed by atoms with E-state index in [-0.39, 0.29) is 5.56 Å². The number of nitrogens with zero attached hydrogens (tertiary/aromatic N) is 2. The lowest BCUT2D eigenvalue weighted by Crippen LogP contribution is -2.63. The van der Waals surface area contributed by atoms with E-state index in [1.165, 1.54) is 24.3 Å². The number of rotatable bonds is 9. The first kappa shape index (κ1) is 28.4. The molecule has 1 aromatic rings. The van der Waals surface area contributed by atoms with Crippen LogP contribution in [0.5, 0.6) is 0 Å². The number of hydrogen-bond donors (Lipinski definition) is 1. The van der Waals surface area contributed by atoms with Crippen molar-refractivity contribution in [2.75, 3.05) is 18.0 Å².